The molecule has 2 heterocycles. The maximum Gasteiger partial charge on any atom is 0.187 e. The molecule has 2 aliphatic rings. The maximum absolute atomic E-state index is 12.6. The second-order valence-corrected chi connectivity index (χ2v) is 3.42. The first-order valence-electron chi connectivity index (χ1n) is 4.00. The summed E-state index contributed by atoms with van der Waals surface area (Å²) < 4.78 is 22.4. The van der Waals surface area contributed by atoms with E-state index >= 15 is 0 Å². The van der Waals surface area contributed by atoms with Gasteiger partial charge in [-0.1, -0.05) is 0 Å². The van der Waals surface area contributed by atoms with Crippen LogP contribution in [0.2, 0.25) is 0 Å². The zero-order valence-electron chi connectivity index (χ0n) is 6.76. The molecule has 5 unspecified atom stereocenters. The smallest absolute Gasteiger partial charge is 0.187 e. The fourth-order valence-electron chi connectivity index (χ4n) is 1.65. The van der Waals surface area contributed by atoms with E-state index in [0.717, 1.165) is 0 Å². The van der Waals surface area contributed by atoms with Crippen LogP contribution in [0, 0.1) is 0 Å². The highest BCUT2D eigenvalue weighted by Gasteiger charge is 2.59. The molecule has 2 aliphatic heterocycles. The van der Waals surface area contributed by atoms with Crippen molar-refractivity contribution >= 4 is 0 Å². The lowest BCUT2D eigenvalue weighted by Crippen LogP contribution is -2.61. The molecule has 0 saturated carbocycles. The molecule has 76 valence electrons. The zero-order valence-corrected chi connectivity index (χ0v) is 6.76. The number of halogens is 1. The molecule has 3 N–H and O–H groups in total. The number of alkyl halides is 1. The Kier molecular flexibility index (Phi) is 2.04. The Labute approximate surface area is 73.7 Å². The molecule has 5 atom stereocenters. The van der Waals surface area contributed by atoms with Crippen LogP contribution in [0.1, 0.15) is 0 Å². The van der Waals surface area contributed by atoms with Gasteiger partial charge in [0.2, 0.25) is 0 Å². The highest BCUT2D eigenvalue weighted by atomic mass is 19.1. The number of fused-ring (bicyclic) bond motifs is 2. The van der Waals surface area contributed by atoms with Crippen molar-refractivity contribution in [1.82, 2.24) is 0 Å². The topological polar surface area (TPSA) is 79.2 Å². The van der Waals surface area contributed by atoms with Crippen LogP contribution in [0.3, 0.4) is 0 Å². The molecule has 13 heavy (non-hydrogen) atoms. The van der Waals surface area contributed by atoms with Gasteiger partial charge in [0.25, 0.3) is 0 Å². The van der Waals surface area contributed by atoms with Crippen molar-refractivity contribution in [2.24, 2.45) is 0 Å². The highest BCUT2D eigenvalue weighted by molar-refractivity contribution is 5.03. The minimum Gasteiger partial charge on any atom is -0.387 e. The van der Waals surface area contributed by atoms with Crippen molar-refractivity contribution in [2.75, 3.05) is 13.3 Å². The van der Waals surface area contributed by atoms with E-state index in [-0.39, 0.29) is 6.61 Å². The van der Waals surface area contributed by atoms with Gasteiger partial charge in [-0.2, -0.15) is 0 Å². The van der Waals surface area contributed by atoms with E-state index in [2.05, 4.69) is 0 Å². The lowest BCUT2D eigenvalue weighted by Gasteiger charge is -2.39. The van der Waals surface area contributed by atoms with Crippen molar-refractivity contribution in [2.45, 2.75) is 30.2 Å². The lowest BCUT2D eigenvalue weighted by molar-refractivity contribution is -0.261. The molecule has 0 radical (unpaired) electrons. The van der Waals surface area contributed by atoms with Gasteiger partial charge in [-0.25, -0.2) is 4.39 Å². The summed E-state index contributed by atoms with van der Waals surface area (Å²) in [6, 6.07) is 0. The Morgan fingerprint density at radius 2 is 2.00 bits per heavy atom. The Morgan fingerprint density at radius 3 is 2.62 bits per heavy atom. The van der Waals surface area contributed by atoms with Crippen molar-refractivity contribution in [3.05, 3.63) is 0 Å². The van der Waals surface area contributed by atoms with Crippen molar-refractivity contribution in [1.29, 1.82) is 0 Å². The van der Waals surface area contributed by atoms with Crippen LogP contribution >= 0.6 is 0 Å². The average molecular weight is 194 g/mol. The first-order chi connectivity index (χ1) is 6.10. The normalized spacial score (nSPS) is 55.4. The Morgan fingerprint density at radius 1 is 1.31 bits per heavy atom. The van der Waals surface area contributed by atoms with E-state index in [1.165, 1.54) is 0 Å². The highest BCUT2D eigenvalue weighted by Crippen LogP contribution is 2.36. The number of ether oxygens (including phenoxy) is 2. The van der Waals surface area contributed by atoms with E-state index < -0.39 is 36.9 Å². The molecule has 2 bridgehead atoms. The molecule has 2 saturated heterocycles. The predicted molar refractivity (Wildman–Crippen MR) is 37.6 cm³/mol. The lowest BCUT2D eigenvalue weighted by atomic mass is 9.90. The molecule has 5 nitrogen and oxygen atoms in total. The molecule has 0 amide bonds. The summed E-state index contributed by atoms with van der Waals surface area (Å²) in [5.41, 5.74) is -1.50. The summed E-state index contributed by atoms with van der Waals surface area (Å²) >= 11 is 0. The quantitative estimate of drug-likeness (QED) is 0.457. The van der Waals surface area contributed by atoms with Gasteiger partial charge in [-0.05, 0) is 0 Å². The third-order valence-electron chi connectivity index (χ3n) is 2.56. The SMILES string of the molecule is OC1C2OCC(CF)(O2)C(O)C1O. The zero-order chi connectivity index (χ0) is 9.64. The Balaban J connectivity index is 2.25. The van der Waals surface area contributed by atoms with Crippen molar-refractivity contribution in [3.63, 3.8) is 0 Å². The second-order valence-electron chi connectivity index (χ2n) is 3.42. The van der Waals surface area contributed by atoms with Crippen LogP contribution in [-0.2, 0) is 9.47 Å². The van der Waals surface area contributed by atoms with E-state index in [1.807, 2.05) is 0 Å². The van der Waals surface area contributed by atoms with Gasteiger partial charge in [0.1, 0.15) is 25.0 Å². The van der Waals surface area contributed by atoms with Gasteiger partial charge >= 0.3 is 0 Å². The van der Waals surface area contributed by atoms with Gasteiger partial charge in [0.15, 0.2) is 11.9 Å². The number of aliphatic hydroxyl groups is 3. The Bertz CT molecular complexity index is 213. The fourth-order valence-corrected chi connectivity index (χ4v) is 1.65. The third kappa shape index (κ3) is 1.10. The van der Waals surface area contributed by atoms with E-state index in [0.29, 0.717) is 0 Å². The van der Waals surface area contributed by atoms with Crippen molar-refractivity contribution < 1.29 is 29.2 Å². The fraction of sp³-hybridized carbons (Fsp3) is 1.00. The van der Waals surface area contributed by atoms with Crippen LogP contribution in [0.5, 0.6) is 0 Å². The number of hydrogen-bond donors (Lipinski definition) is 3. The summed E-state index contributed by atoms with van der Waals surface area (Å²) in [5, 5.41) is 28.0. The van der Waals surface area contributed by atoms with Crippen LogP contribution in [0.25, 0.3) is 0 Å². The average Bonchev–Trinajstić information content (AvgIpc) is 2.55. The van der Waals surface area contributed by atoms with Gasteiger partial charge in [0, 0.05) is 0 Å². The molecule has 0 aromatic rings. The molecular formula is C7H11FO5. The van der Waals surface area contributed by atoms with Gasteiger partial charge in [-0.15, -0.1) is 0 Å². The minimum absolute atomic E-state index is 0.149. The summed E-state index contributed by atoms with van der Waals surface area (Å²) in [6.07, 6.45) is -5.23. The molecule has 0 aromatic carbocycles. The molecule has 0 spiro atoms. The summed E-state index contributed by atoms with van der Waals surface area (Å²) in [4.78, 5) is 0. The number of aliphatic hydroxyl groups excluding tert-OH is 3. The van der Waals surface area contributed by atoms with E-state index in [4.69, 9.17) is 9.47 Å². The standard InChI is InChI=1S/C7H11FO5/c8-1-7-2-12-6(13-7)4(10)3(9)5(7)11/h3-6,9-11H,1-2H2. The third-order valence-corrected chi connectivity index (χ3v) is 2.56. The van der Waals surface area contributed by atoms with Crippen LogP contribution in [-0.4, -0.2) is 58.8 Å². The summed E-state index contributed by atoms with van der Waals surface area (Å²) in [5.74, 6) is 0. The van der Waals surface area contributed by atoms with Gasteiger partial charge < -0.3 is 24.8 Å². The first-order valence-corrected chi connectivity index (χ1v) is 4.00. The van der Waals surface area contributed by atoms with E-state index in [9.17, 15) is 19.7 Å². The van der Waals surface area contributed by atoms with Crippen LogP contribution in [0.15, 0.2) is 0 Å². The number of rotatable bonds is 1. The molecular weight excluding hydrogens is 183 g/mol. The molecule has 2 fully saturated rings. The summed E-state index contributed by atoms with van der Waals surface area (Å²) in [6.45, 7) is -1.10. The monoisotopic (exact) mass is 194 g/mol. The number of hydrogen-bond acceptors (Lipinski definition) is 5. The first kappa shape index (κ1) is 9.29. The van der Waals surface area contributed by atoms with Crippen LogP contribution in [0.4, 0.5) is 4.39 Å². The molecule has 2 rings (SSSR count). The maximum atomic E-state index is 12.6. The Hall–Kier alpha value is -0.270. The second kappa shape index (κ2) is 2.86. The summed E-state index contributed by atoms with van der Waals surface area (Å²) in [7, 11) is 0. The van der Waals surface area contributed by atoms with Gasteiger partial charge in [-0.3, -0.25) is 0 Å². The largest absolute Gasteiger partial charge is 0.387 e. The van der Waals surface area contributed by atoms with Gasteiger partial charge in [0.05, 0.1) is 6.61 Å². The molecule has 0 aliphatic carbocycles. The van der Waals surface area contributed by atoms with E-state index in [1.54, 1.807) is 0 Å². The molecule has 0 aromatic heterocycles. The molecule has 6 heteroatoms. The minimum atomic E-state index is -1.50. The van der Waals surface area contributed by atoms with Crippen molar-refractivity contribution in [3.8, 4) is 0 Å². The predicted octanol–water partition coefficient (Wildman–Crippen LogP) is -1.84. The van der Waals surface area contributed by atoms with Crippen LogP contribution < -0.4 is 0 Å².